The summed E-state index contributed by atoms with van der Waals surface area (Å²) < 4.78 is 21.0. The Labute approximate surface area is 206 Å². The standard InChI is InChI=1S/C28H33FN4O2/c1-3-32(28(34)21-7-6-8-21)19-24-23-18-31(17-20-11-13-22(29)14-12-20)16-15-25(23)33(30-24)26-9-4-5-10-27(26)35-2/h4-5,9-14,21H,3,6-8,15-19H2,1-2H3. The first kappa shape index (κ1) is 23.5. The number of carbonyl (C=O) groups excluding carboxylic acids is 1. The van der Waals surface area contributed by atoms with E-state index in [-0.39, 0.29) is 17.6 Å². The van der Waals surface area contributed by atoms with Gasteiger partial charge in [-0.1, -0.05) is 30.7 Å². The van der Waals surface area contributed by atoms with Gasteiger partial charge in [-0.25, -0.2) is 9.07 Å². The van der Waals surface area contributed by atoms with Crippen molar-refractivity contribution in [3.8, 4) is 11.4 Å². The van der Waals surface area contributed by atoms with Crippen LogP contribution >= 0.6 is 0 Å². The fourth-order valence-electron chi connectivity index (χ4n) is 5.10. The molecule has 184 valence electrons. The quantitative estimate of drug-likeness (QED) is 0.472. The molecular weight excluding hydrogens is 443 g/mol. The Bertz CT molecular complexity index is 1190. The monoisotopic (exact) mass is 476 g/mol. The molecule has 5 rings (SSSR count). The largest absolute Gasteiger partial charge is 0.494 e. The van der Waals surface area contributed by atoms with Crippen molar-refractivity contribution in [2.24, 2.45) is 5.92 Å². The first-order chi connectivity index (χ1) is 17.1. The number of nitrogens with zero attached hydrogens (tertiary/aromatic N) is 4. The van der Waals surface area contributed by atoms with Gasteiger partial charge in [0.05, 0.1) is 25.0 Å². The third-order valence-electron chi connectivity index (χ3n) is 7.34. The van der Waals surface area contributed by atoms with Crippen LogP contribution in [0.3, 0.4) is 0 Å². The van der Waals surface area contributed by atoms with E-state index in [4.69, 9.17) is 9.84 Å². The van der Waals surface area contributed by atoms with Crippen molar-refractivity contribution in [2.45, 2.75) is 52.2 Å². The zero-order valence-electron chi connectivity index (χ0n) is 20.5. The molecule has 1 aliphatic heterocycles. The second-order valence-electron chi connectivity index (χ2n) is 9.52. The SMILES string of the molecule is CCN(Cc1nn(-c2ccccc2OC)c2c1CN(Cc1ccc(F)cc1)CC2)C(=O)C1CCC1. The lowest BCUT2D eigenvalue weighted by Gasteiger charge is -2.31. The number of methoxy groups -OCH3 is 1. The number of rotatable bonds is 8. The third-order valence-corrected chi connectivity index (χ3v) is 7.34. The van der Waals surface area contributed by atoms with Gasteiger partial charge in [-0.2, -0.15) is 5.10 Å². The maximum absolute atomic E-state index is 13.4. The van der Waals surface area contributed by atoms with Crippen molar-refractivity contribution in [2.75, 3.05) is 20.2 Å². The Morgan fingerprint density at radius 3 is 2.63 bits per heavy atom. The van der Waals surface area contributed by atoms with Gasteiger partial charge < -0.3 is 9.64 Å². The molecule has 3 aromatic rings. The summed E-state index contributed by atoms with van der Waals surface area (Å²) in [4.78, 5) is 17.4. The lowest BCUT2D eigenvalue weighted by atomic mass is 9.84. The number of hydrogen-bond donors (Lipinski definition) is 0. The minimum absolute atomic E-state index is 0.164. The number of ether oxygens (including phenoxy) is 1. The van der Waals surface area contributed by atoms with E-state index < -0.39 is 0 Å². The average Bonchev–Trinajstić information content (AvgIpc) is 3.20. The van der Waals surface area contributed by atoms with Crippen LogP contribution in [0.25, 0.3) is 5.69 Å². The highest BCUT2D eigenvalue weighted by Gasteiger charge is 2.32. The number of aromatic nitrogens is 2. The second-order valence-corrected chi connectivity index (χ2v) is 9.52. The van der Waals surface area contributed by atoms with E-state index in [1.807, 2.05) is 52.9 Å². The van der Waals surface area contributed by atoms with Gasteiger partial charge in [-0.05, 0) is 49.6 Å². The summed E-state index contributed by atoms with van der Waals surface area (Å²) in [7, 11) is 1.68. The number of halogens is 1. The molecule has 0 N–H and O–H groups in total. The molecule has 2 heterocycles. The number of amides is 1. The number of carbonyl (C=O) groups is 1. The number of para-hydroxylation sites is 2. The molecule has 0 atom stereocenters. The van der Waals surface area contributed by atoms with Crippen LogP contribution in [0.2, 0.25) is 0 Å². The third kappa shape index (κ3) is 4.82. The molecule has 7 heteroatoms. The van der Waals surface area contributed by atoms with Crippen LogP contribution in [-0.4, -0.2) is 45.7 Å². The van der Waals surface area contributed by atoms with Gasteiger partial charge in [-0.3, -0.25) is 9.69 Å². The molecule has 0 unspecified atom stereocenters. The van der Waals surface area contributed by atoms with Crippen molar-refractivity contribution in [3.05, 3.63) is 76.9 Å². The molecule has 1 aliphatic carbocycles. The minimum atomic E-state index is -0.217. The van der Waals surface area contributed by atoms with E-state index in [0.717, 1.165) is 68.0 Å². The van der Waals surface area contributed by atoms with Gasteiger partial charge >= 0.3 is 0 Å². The Hall–Kier alpha value is -3.19. The van der Waals surface area contributed by atoms with Gasteiger partial charge in [0.1, 0.15) is 17.3 Å². The van der Waals surface area contributed by atoms with Crippen LogP contribution in [0, 0.1) is 11.7 Å². The van der Waals surface area contributed by atoms with Gasteiger partial charge in [-0.15, -0.1) is 0 Å². The first-order valence-corrected chi connectivity index (χ1v) is 12.6. The molecule has 6 nitrogen and oxygen atoms in total. The van der Waals surface area contributed by atoms with E-state index in [2.05, 4.69) is 4.90 Å². The molecule has 0 spiro atoms. The molecule has 35 heavy (non-hydrogen) atoms. The summed E-state index contributed by atoms with van der Waals surface area (Å²) >= 11 is 0. The predicted molar refractivity (Wildman–Crippen MR) is 133 cm³/mol. The van der Waals surface area contributed by atoms with Crippen molar-refractivity contribution in [1.82, 2.24) is 19.6 Å². The van der Waals surface area contributed by atoms with Crippen LogP contribution in [0.15, 0.2) is 48.5 Å². The summed E-state index contributed by atoms with van der Waals surface area (Å²) in [6.07, 6.45) is 3.97. The molecule has 1 aromatic heterocycles. The molecule has 0 saturated heterocycles. The summed E-state index contributed by atoms with van der Waals surface area (Å²) in [6, 6.07) is 14.7. The lowest BCUT2D eigenvalue weighted by molar-refractivity contribution is -0.138. The zero-order valence-corrected chi connectivity index (χ0v) is 20.5. The molecule has 2 aliphatic rings. The highest BCUT2D eigenvalue weighted by molar-refractivity contribution is 5.79. The molecule has 0 bridgehead atoms. The van der Waals surface area contributed by atoms with E-state index in [0.29, 0.717) is 13.1 Å². The van der Waals surface area contributed by atoms with Gasteiger partial charge in [0, 0.05) is 44.1 Å². The first-order valence-electron chi connectivity index (χ1n) is 12.6. The van der Waals surface area contributed by atoms with Crippen molar-refractivity contribution in [1.29, 1.82) is 0 Å². The topological polar surface area (TPSA) is 50.6 Å². The Morgan fingerprint density at radius 1 is 1.17 bits per heavy atom. The second kappa shape index (κ2) is 10.2. The number of benzene rings is 2. The normalized spacial score (nSPS) is 16.0. The molecular formula is C28H33FN4O2. The highest BCUT2D eigenvalue weighted by atomic mass is 19.1. The smallest absolute Gasteiger partial charge is 0.226 e. The molecule has 2 aromatic carbocycles. The van der Waals surface area contributed by atoms with E-state index >= 15 is 0 Å². The van der Waals surface area contributed by atoms with Crippen LogP contribution < -0.4 is 4.74 Å². The maximum atomic E-state index is 13.4. The van der Waals surface area contributed by atoms with Gasteiger partial charge in [0.25, 0.3) is 0 Å². The minimum Gasteiger partial charge on any atom is -0.494 e. The van der Waals surface area contributed by atoms with E-state index in [9.17, 15) is 9.18 Å². The summed E-state index contributed by atoms with van der Waals surface area (Å²) in [6.45, 7) is 5.60. The Morgan fingerprint density at radius 2 is 1.94 bits per heavy atom. The van der Waals surface area contributed by atoms with Crippen LogP contribution in [0.1, 0.15) is 48.7 Å². The average molecular weight is 477 g/mol. The Balaban J connectivity index is 1.47. The van der Waals surface area contributed by atoms with Crippen molar-refractivity contribution >= 4 is 5.91 Å². The molecule has 0 radical (unpaired) electrons. The molecule has 1 fully saturated rings. The maximum Gasteiger partial charge on any atom is 0.226 e. The number of fused-ring (bicyclic) bond motifs is 1. The summed E-state index contributed by atoms with van der Waals surface area (Å²) in [5, 5.41) is 5.06. The molecule has 1 saturated carbocycles. The fourth-order valence-corrected chi connectivity index (χ4v) is 5.10. The van der Waals surface area contributed by atoms with Gasteiger partial charge in [0.2, 0.25) is 5.91 Å². The zero-order chi connectivity index (χ0) is 24.4. The fraction of sp³-hybridized carbons (Fsp3) is 0.429. The van der Waals surface area contributed by atoms with E-state index in [1.54, 1.807) is 7.11 Å². The Kier molecular flexibility index (Phi) is 6.86. The summed E-state index contributed by atoms with van der Waals surface area (Å²) in [5.74, 6) is 0.970. The van der Waals surface area contributed by atoms with Crippen LogP contribution in [0.5, 0.6) is 5.75 Å². The van der Waals surface area contributed by atoms with E-state index in [1.165, 1.54) is 23.4 Å². The van der Waals surface area contributed by atoms with Gasteiger partial charge in [0.15, 0.2) is 0 Å². The highest BCUT2D eigenvalue weighted by Crippen LogP contribution is 2.32. The predicted octanol–water partition coefficient (Wildman–Crippen LogP) is 4.73. The van der Waals surface area contributed by atoms with Crippen molar-refractivity contribution < 1.29 is 13.9 Å². The van der Waals surface area contributed by atoms with Crippen LogP contribution in [0.4, 0.5) is 4.39 Å². The lowest BCUT2D eigenvalue weighted by Crippen LogP contribution is -2.39. The van der Waals surface area contributed by atoms with Crippen LogP contribution in [-0.2, 0) is 30.8 Å². The molecule has 1 amide bonds. The number of hydrogen-bond acceptors (Lipinski definition) is 4. The van der Waals surface area contributed by atoms with Crippen molar-refractivity contribution in [3.63, 3.8) is 0 Å². The summed E-state index contributed by atoms with van der Waals surface area (Å²) in [5.41, 5.74) is 5.31.